The lowest BCUT2D eigenvalue weighted by Gasteiger charge is -2.26. The normalized spacial score (nSPS) is 15.8. The molecule has 0 atom stereocenters. The van der Waals surface area contributed by atoms with Crippen molar-refractivity contribution < 1.29 is 13.9 Å². The molecule has 0 bridgehead atoms. The molecule has 1 fully saturated rings. The number of amides is 2. The highest BCUT2D eigenvalue weighted by atomic mass is 35.5. The fraction of sp³-hybridized carbons (Fsp3) is 0.364. The van der Waals surface area contributed by atoms with Gasteiger partial charge in [0.1, 0.15) is 5.82 Å². The van der Waals surface area contributed by atoms with E-state index in [0.717, 1.165) is 0 Å². The quantitative estimate of drug-likeness (QED) is 0.840. The molecule has 1 N–H and O–H groups in total. The van der Waals surface area contributed by atoms with Crippen molar-refractivity contribution in [1.29, 1.82) is 0 Å². The van der Waals surface area contributed by atoms with E-state index in [9.17, 15) is 9.18 Å². The number of rotatable bonds is 1. The highest BCUT2D eigenvalue weighted by Crippen LogP contribution is 2.18. The number of urea groups is 1. The smallest absolute Gasteiger partial charge is 0.322 e. The van der Waals surface area contributed by atoms with Crippen LogP contribution in [0.5, 0.6) is 0 Å². The zero-order valence-corrected chi connectivity index (χ0v) is 9.84. The van der Waals surface area contributed by atoms with Gasteiger partial charge in [-0.3, -0.25) is 0 Å². The Morgan fingerprint density at radius 2 is 2.06 bits per heavy atom. The van der Waals surface area contributed by atoms with Gasteiger partial charge in [0, 0.05) is 23.8 Å². The summed E-state index contributed by atoms with van der Waals surface area (Å²) in [5.74, 6) is -0.477. The van der Waals surface area contributed by atoms with Gasteiger partial charge in [-0.15, -0.1) is 0 Å². The van der Waals surface area contributed by atoms with Crippen LogP contribution in [0.25, 0.3) is 0 Å². The van der Waals surface area contributed by atoms with E-state index in [0.29, 0.717) is 32.0 Å². The number of benzene rings is 1. The summed E-state index contributed by atoms with van der Waals surface area (Å²) >= 11 is 5.69. The number of halogens is 2. The number of carbonyl (C=O) groups excluding carboxylic acids is 1. The molecule has 4 nitrogen and oxygen atoms in total. The maximum Gasteiger partial charge on any atom is 0.322 e. The van der Waals surface area contributed by atoms with Crippen molar-refractivity contribution in [2.45, 2.75) is 0 Å². The van der Waals surface area contributed by atoms with E-state index in [-0.39, 0.29) is 11.1 Å². The zero-order valence-electron chi connectivity index (χ0n) is 9.08. The molecule has 0 aromatic heterocycles. The van der Waals surface area contributed by atoms with Crippen LogP contribution in [0.3, 0.4) is 0 Å². The number of morpholine rings is 1. The third-order valence-corrected chi connectivity index (χ3v) is 2.63. The van der Waals surface area contributed by atoms with Gasteiger partial charge >= 0.3 is 6.03 Å². The molecule has 1 saturated heterocycles. The number of ether oxygens (including phenoxy) is 1. The largest absolute Gasteiger partial charge is 0.378 e. The first kappa shape index (κ1) is 12.1. The first-order valence-corrected chi connectivity index (χ1v) is 5.63. The van der Waals surface area contributed by atoms with Crippen molar-refractivity contribution >= 4 is 23.3 Å². The minimum absolute atomic E-state index is 0.252. The van der Waals surface area contributed by atoms with Gasteiger partial charge in [-0.1, -0.05) is 11.6 Å². The topological polar surface area (TPSA) is 41.6 Å². The second-order valence-electron chi connectivity index (χ2n) is 3.69. The lowest BCUT2D eigenvalue weighted by molar-refractivity contribution is 0.0564. The first-order valence-electron chi connectivity index (χ1n) is 5.25. The van der Waals surface area contributed by atoms with Crippen LogP contribution in [-0.2, 0) is 4.74 Å². The Balaban J connectivity index is 2.01. The fourth-order valence-electron chi connectivity index (χ4n) is 1.59. The van der Waals surface area contributed by atoms with E-state index < -0.39 is 5.82 Å². The summed E-state index contributed by atoms with van der Waals surface area (Å²) in [6, 6.07) is 3.65. The lowest BCUT2D eigenvalue weighted by atomic mass is 10.3. The molecule has 17 heavy (non-hydrogen) atoms. The predicted molar refractivity (Wildman–Crippen MR) is 62.8 cm³/mol. The van der Waals surface area contributed by atoms with Crippen LogP contribution in [-0.4, -0.2) is 37.2 Å². The van der Waals surface area contributed by atoms with Gasteiger partial charge in [-0.05, 0) is 18.2 Å². The zero-order chi connectivity index (χ0) is 12.3. The van der Waals surface area contributed by atoms with Gasteiger partial charge in [-0.2, -0.15) is 0 Å². The van der Waals surface area contributed by atoms with Gasteiger partial charge in [0.2, 0.25) is 0 Å². The summed E-state index contributed by atoms with van der Waals surface area (Å²) < 4.78 is 18.2. The molecule has 2 rings (SSSR count). The Kier molecular flexibility index (Phi) is 3.81. The summed E-state index contributed by atoms with van der Waals surface area (Å²) in [7, 11) is 0. The highest BCUT2D eigenvalue weighted by molar-refractivity contribution is 6.30. The maximum atomic E-state index is 13.1. The second-order valence-corrected chi connectivity index (χ2v) is 4.12. The molecular weight excluding hydrogens is 247 g/mol. The van der Waals surface area contributed by atoms with Gasteiger partial charge in [0.15, 0.2) is 0 Å². The van der Waals surface area contributed by atoms with Gasteiger partial charge in [0.05, 0.1) is 13.2 Å². The molecular formula is C11H12ClFN2O2. The van der Waals surface area contributed by atoms with Gasteiger partial charge < -0.3 is 15.0 Å². The average molecular weight is 259 g/mol. The summed E-state index contributed by atoms with van der Waals surface area (Å²) in [4.78, 5) is 13.4. The summed E-state index contributed by atoms with van der Waals surface area (Å²) in [6.07, 6.45) is 0. The number of nitrogens with zero attached hydrogens (tertiary/aromatic N) is 1. The molecule has 1 heterocycles. The van der Waals surface area contributed by atoms with Gasteiger partial charge in [-0.25, -0.2) is 9.18 Å². The van der Waals surface area contributed by atoms with Crippen LogP contribution in [0.4, 0.5) is 14.9 Å². The minimum Gasteiger partial charge on any atom is -0.378 e. The summed E-state index contributed by atoms with van der Waals surface area (Å²) in [6.45, 7) is 2.12. The number of hydrogen-bond acceptors (Lipinski definition) is 2. The molecule has 6 heteroatoms. The lowest BCUT2D eigenvalue weighted by Crippen LogP contribution is -2.43. The standard InChI is InChI=1S/C11H12ClFN2O2/c12-8-5-9(13)7-10(6-8)14-11(16)15-1-3-17-4-2-15/h5-7H,1-4H2,(H,14,16). The summed E-state index contributed by atoms with van der Waals surface area (Å²) in [5, 5.41) is 2.85. The van der Waals surface area contributed by atoms with E-state index >= 15 is 0 Å². The van der Waals surface area contributed by atoms with Crippen LogP contribution >= 0.6 is 11.6 Å². The van der Waals surface area contributed by atoms with Crippen LogP contribution < -0.4 is 5.32 Å². The van der Waals surface area contributed by atoms with Crippen molar-refractivity contribution in [3.63, 3.8) is 0 Å². The van der Waals surface area contributed by atoms with Crippen molar-refractivity contribution in [2.24, 2.45) is 0 Å². The molecule has 0 saturated carbocycles. The van der Waals surface area contributed by atoms with E-state index in [4.69, 9.17) is 16.3 Å². The Labute approximate surface area is 103 Å². The number of nitrogens with one attached hydrogen (secondary N) is 1. The second kappa shape index (κ2) is 5.33. The third-order valence-electron chi connectivity index (χ3n) is 2.41. The highest BCUT2D eigenvalue weighted by Gasteiger charge is 2.16. The predicted octanol–water partition coefficient (Wildman–Crippen LogP) is 2.34. The van der Waals surface area contributed by atoms with E-state index in [1.165, 1.54) is 18.2 Å². The number of anilines is 1. The van der Waals surface area contributed by atoms with E-state index in [2.05, 4.69) is 5.32 Å². The Morgan fingerprint density at radius 1 is 1.35 bits per heavy atom. The van der Waals surface area contributed by atoms with E-state index in [1.54, 1.807) is 4.90 Å². The minimum atomic E-state index is -0.477. The monoisotopic (exact) mass is 258 g/mol. The molecule has 1 aromatic carbocycles. The molecule has 0 radical (unpaired) electrons. The molecule has 92 valence electrons. The van der Waals surface area contributed by atoms with Crippen molar-refractivity contribution in [1.82, 2.24) is 4.90 Å². The Morgan fingerprint density at radius 3 is 2.71 bits per heavy atom. The average Bonchev–Trinajstić information content (AvgIpc) is 2.28. The summed E-state index contributed by atoms with van der Waals surface area (Å²) in [5.41, 5.74) is 0.353. The molecule has 2 amide bonds. The molecule has 0 unspecified atom stereocenters. The van der Waals surface area contributed by atoms with Gasteiger partial charge in [0.25, 0.3) is 0 Å². The Bertz CT molecular complexity index is 402. The molecule has 1 aromatic rings. The number of hydrogen-bond donors (Lipinski definition) is 1. The van der Waals surface area contributed by atoms with Crippen LogP contribution in [0, 0.1) is 5.82 Å². The van der Waals surface area contributed by atoms with Crippen molar-refractivity contribution in [2.75, 3.05) is 31.6 Å². The number of carbonyl (C=O) groups is 1. The van der Waals surface area contributed by atoms with Crippen LogP contribution in [0.1, 0.15) is 0 Å². The van der Waals surface area contributed by atoms with Crippen LogP contribution in [0.15, 0.2) is 18.2 Å². The Hall–Kier alpha value is -1.33. The fourth-order valence-corrected chi connectivity index (χ4v) is 1.82. The first-order chi connectivity index (χ1) is 8.15. The molecule has 0 spiro atoms. The van der Waals surface area contributed by atoms with Crippen molar-refractivity contribution in [3.05, 3.63) is 29.0 Å². The molecule has 1 aliphatic heterocycles. The van der Waals surface area contributed by atoms with Crippen LogP contribution in [0.2, 0.25) is 5.02 Å². The van der Waals surface area contributed by atoms with Crippen molar-refractivity contribution in [3.8, 4) is 0 Å². The molecule has 1 aliphatic rings. The third kappa shape index (κ3) is 3.31. The van der Waals surface area contributed by atoms with E-state index in [1.807, 2.05) is 0 Å². The molecule has 0 aliphatic carbocycles. The SMILES string of the molecule is O=C(Nc1cc(F)cc(Cl)c1)N1CCOCC1. The maximum absolute atomic E-state index is 13.1.